The first-order valence-corrected chi connectivity index (χ1v) is 9.63. The number of carbonyl (C=O) groups is 1. The topological polar surface area (TPSA) is 67.2 Å². The van der Waals surface area contributed by atoms with Crippen molar-refractivity contribution in [1.82, 2.24) is 10.3 Å². The maximum atomic E-state index is 12.3. The molecule has 5 nitrogen and oxygen atoms in total. The Morgan fingerprint density at radius 1 is 1.07 bits per heavy atom. The van der Waals surface area contributed by atoms with Gasteiger partial charge in [-0.1, -0.05) is 41.4 Å². The Labute approximate surface area is 177 Å². The molecule has 1 aromatic heterocycles. The summed E-state index contributed by atoms with van der Waals surface area (Å²) >= 11 is 11.3. The highest BCUT2D eigenvalue weighted by molar-refractivity contribution is 7.80. The Kier molecular flexibility index (Phi) is 5.29. The van der Waals surface area contributed by atoms with E-state index in [1.807, 2.05) is 37.3 Å². The molecule has 7 heteroatoms. The molecular weight excluding hydrogens is 406 g/mol. The molecule has 0 aliphatic heterocycles. The lowest BCUT2D eigenvalue weighted by molar-refractivity contribution is 0.0978. The highest BCUT2D eigenvalue weighted by atomic mass is 35.5. The Hall–Kier alpha value is -3.22. The van der Waals surface area contributed by atoms with E-state index < -0.39 is 0 Å². The van der Waals surface area contributed by atoms with Gasteiger partial charge in [-0.25, -0.2) is 4.98 Å². The number of fused-ring (bicyclic) bond motifs is 1. The van der Waals surface area contributed by atoms with Gasteiger partial charge in [-0.15, -0.1) is 0 Å². The summed E-state index contributed by atoms with van der Waals surface area (Å²) in [6.07, 6.45) is 0. The first kappa shape index (κ1) is 19.1. The fraction of sp³-hybridized carbons (Fsp3) is 0.0455. The number of rotatable bonds is 3. The van der Waals surface area contributed by atoms with Crippen LogP contribution >= 0.6 is 23.8 Å². The maximum absolute atomic E-state index is 12.3. The number of nitrogens with one attached hydrogen (secondary N) is 2. The lowest BCUT2D eigenvalue weighted by Gasteiger charge is -2.10. The molecule has 0 atom stereocenters. The number of thiocarbonyl (C=S) groups is 1. The lowest BCUT2D eigenvalue weighted by atomic mass is 10.1. The first-order chi connectivity index (χ1) is 14.0. The molecule has 0 aliphatic rings. The number of anilines is 1. The van der Waals surface area contributed by atoms with Crippen molar-refractivity contribution in [1.29, 1.82) is 0 Å². The second kappa shape index (κ2) is 8.03. The van der Waals surface area contributed by atoms with E-state index in [1.165, 1.54) is 5.56 Å². The summed E-state index contributed by atoms with van der Waals surface area (Å²) in [7, 11) is 0. The Balaban J connectivity index is 1.49. The minimum Gasteiger partial charge on any atom is -0.436 e. The van der Waals surface area contributed by atoms with E-state index in [-0.39, 0.29) is 11.0 Å². The molecule has 3 aromatic carbocycles. The third-order valence-corrected chi connectivity index (χ3v) is 4.82. The van der Waals surface area contributed by atoms with Crippen molar-refractivity contribution >= 4 is 51.6 Å². The quantitative estimate of drug-likeness (QED) is 0.422. The second-order valence-corrected chi connectivity index (χ2v) is 7.27. The molecule has 4 aromatic rings. The number of nitrogens with zero attached hydrogens (tertiary/aromatic N) is 1. The van der Waals surface area contributed by atoms with Gasteiger partial charge in [-0.3, -0.25) is 10.1 Å². The highest BCUT2D eigenvalue weighted by Crippen LogP contribution is 2.26. The molecule has 4 rings (SSSR count). The molecule has 0 radical (unpaired) electrons. The van der Waals surface area contributed by atoms with Gasteiger partial charge in [0.05, 0.1) is 10.6 Å². The number of hydrogen-bond donors (Lipinski definition) is 2. The smallest absolute Gasteiger partial charge is 0.258 e. The van der Waals surface area contributed by atoms with Crippen LogP contribution in [0, 0.1) is 6.92 Å². The van der Waals surface area contributed by atoms with Gasteiger partial charge in [0, 0.05) is 11.3 Å². The van der Waals surface area contributed by atoms with Crippen molar-refractivity contribution in [3.05, 3.63) is 82.9 Å². The van der Waals surface area contributed by atoms with Crippen LogP contribution in [0.2, 0.25) is 5.02 Å². The third-order valence-electron chi connectivity index (χ3n) is 4.29. The van der Waals surface area contributed by atoms with E-state index in [4.69, 9.17) is 28.2 Å². The van der Waals surface area contributed by atoms with E-state index >= 15 is 0 Å². The van der Waals surface area contributed by atoms with Crippen molar-refractivity contribution in [2.45, 2.75) is 6.92 Å². The molecule has 1 amide bonds. The fourth-order valence-electron chi connectivity index (χ4n) is 2.80. The van der Waals surface area contributed by atoms with Gasteiger partial charge in [0.2, 0.25) is 5.89 Å². The van der Waals surface area contributed by atoms with Gasteiger partial charge in [0.15, 0.2) is 10.7 Å². The van der Waals surface area contributed by atoms with Crippen LogP contribution in [0.25, 0.3) is 22.6 Å². The van der Waals surface area contributed by atoms with E-state index in [0.717, 1.165) is 5.56 Å². The number of oxazole rings is 1. The molecule has 0 saturated heterocycles. The standard InChI is InChI=1S/C22H16ClN3O2S/c1-13-6-8-14(9-7-13)21-25-18-12-15(10-11-19(18)28-21)24-22(29)26-20(27)16-4-2-3-5-17(16)23/h2-12H,1H3,(H2,24,26,27,29). The predicted octanol–water partition coefficient (Wildman–Crippen LogP) is 5.58. The fourth-order valence-corrected chi connectivity index (χ4v) is 3.24. The van der Waals surface area contributed by atoms with Gasteiger partial charge in [0.1, 0.15) is 5.52 Å². The maximum Gasteiger partial charge on any atom is 0.258 e. The molecule has 144 valence electrons. The van der Waals surface area contributed by atoms with Gasteiger partial charge in [-0.05, 0) is 61.6 Å². The SMILES string of the molecule is Cc1ccc(-c2nc3cc(NC(=S)NC(=O)c4ccccc4Cl)ccc3o2)cc1. The monoisotopic (exact) mass is 421 g/mol. The van der Waals surface area contributed by atoms with E-state index in [2.05, 4.69) is 15.6 Å². The van der Waals surface area contributed by atoms with Crippen molar-refractivity contribution in [2.75, 3.05) is 5.32 Å². The number of carbonyl (C=O) groups excluding carboxylic acids is 1. The first-order valence-electron chi connectivity index (χ1n) is 8.84. The third kappa shape index (κ3) is 4.29. The summed E-state index contributed by atoms with van der Waals surface area (Å²) in [6.45, 7) is 2.03. The zero-order valence-corrected chi connectivity index (χ0v) is 17.0. The van der Waals surface area contributed by atoms with Crippen LogP contribution in [-0.4, -0.2) is 16.0 Å². The zero-order valence-electron chi connectivity index (χ0n) is 15.4. The van der Waals surface area contributed by atoms with Gasteiger partial charge in [-0.2, -0.15) is 0 Å². The average molecular weight is 422 g/mol. The van der Waals surface area contributed by atoms with Crippen molar-refractivity contribution in [3.8, 4) is 11.5 Å². The van der Waals surface area contributed by atoms with Crippen molar-refractivity contribution in [2.24, 2.45) is 0 Å². The minimum absolute atomic E-state index is 0.163. The molecule has 0 saturated carbocycles. The van der Waals surface area contributed by atoms with Crippen molar-refractivity contribution < 1.29 is 9.21 Å². The number of aromatic nitrogens is 1. The zero-order chi connectivity index (χ0) is 20.4. The normalized spacial score (nSPS) is 10.7. The van der Waals surface area contributed by atoms with Crippen LogP contribution in [0.15, 0.2) is 71.1 Å². The summed E-state index contributed by atoms with van der Waals surface area (Å²) in [5.41, 5.74) is 4.47. The van der Waals surface area contributed by atoms with Crippen LogP contribution < -0.4 is 10.6 Å². The molecule has 1 heterocycles. The molecule has 0 aliphatic carbocycles. The van der Waals surface area contributed by atoms with E-state index in [9.17, 15) is 4.79 Å². The predicted molar refractivity (Wildman–Crippen MR) is 119 cm³/mol. The van der Waals surface area contributed by atoms with Crippen LogP contribution in [0.4, 0.5) is 5.69 Å². The van der Waals surface area contributed by atoms with Gasteiger partial charge in [0.25, 0.3) is 5.91 Å². The molecule has 0 bridgehead atoms. The summed E-state index contributed by atoms with van der Waals surface area (Å²) in [6, 6.07) is 20.2. The lowest BCUT2D eigenvalue weighted by Crippen LogP contribution is -2.34. The van der Waals surface area contributed by atoms with Gasteiger partial charge < -0.3 is 9.73 Å². The largest absolute Gasteiger partial charge is 0.436 e. The number of amides is 1. The van der Waals surface area contributed by atoms with Gasteiger partial charge >= 0.3 is 0 Å². The highest BCUT2D eigenvalue weighted by Gasteiger charge is 2.12. The Bertz CT molecular complexity index is 1220. The molecule has 2 N–H and O–H groups in total. The molecule has 0 spiro atoms. The second-order valence-electron chi connectivity index (χ2n) is 6.46. The number of hydrogen-bond acceptors (Lipinski definition) is 4. The Morgan fingerprint density at radius 2 is 1.83 bits per heavy atom. The van der Waals surface area contributed by atoms with Crippen molar-refractivity contribution in [3.63, 3.8) is 0 Å². The van der Waals surface area contributed by atoms with Crippen LogP contribution in [0.5, 0.6) is 0 Å². The summed E-state index contributed by atoms with van der Waals surface area (Å²) in [4.78, 5) is 16.9. The molecule has 0 fully saturated rings. The average Bonchev–Trinajstić information content (AvgIpc) is 3.12. The summed E-state index contributed by atoms with van der Waals surface area (Å²) in [5, 5.41) is 6.13. The minimum atomic E-state index is -0.378. The Morgan fingerprint density at radius 3 is 2.59 bits per heavy atom. The van der Waals surface area contributed by atoms with Crippen LogP contribution in [-0.2, 0) is 0 Å². The number of benzene rings is 3. The van der Waals surface area contributed by atoms with E-state index in [1.54, 1.807) is 36.4 Å². The summed E-state index contributed by atoms with van der Waals surface area (Å²) in [5.74, 6) is 0.170. The van der Waals surface area contributed by atoms with Crippen LogP contribution in [0.1, 0.15) is 15.9 Å². The van der Waals surface area contributed by atoms with E-state index in [0.29, 0.717) is 33.3 Å². The summed E-state index contributed by atoms with van der Waals surface area (Å²) < 4.78 is 5.83. The number of aryl methyl sites for hydroxylation is 1. The molecule has 0 unspecified atom stereocenters. The molecular formula is C22H16ClN3O2S. The molecule has 29 heavy (non-hydrogen) atoms. The number of halogens is 1. The van der Waals surface area contributed by atoms with Crippen LogP contribution in [0.3, 0.4) is 0 Å².